The number of benzene rings is 1. The van der Waals surface area contributed by atoms with Crippen molar-refractivity contribution in [3.8, 4) is 11.1 Å². The minimum atomic E-state index is -0.319. The van der Waals surface area contributed by atoms with Gasteiger partial charge in [-0.15, -0.1) is 0 Å². The van der Waals surface area contributed by atoms with E-state index in [4.69, 9.17) is 0 Å². The maximum atomic E-state index is 12.7. The van der Waals surface area contributed by atoms with Crippen LogP contribution in [0.25, 0.3) is 21.9 Å². The van der Waals surface area contributed by atoms with E-state index in [9.17, 15) is 9.18 Å². The summed E-state index contributed by atoms with van der Waals surface area (Å²) < 4.78 is 14.3. The number of alkyl halides is 1. The summed E-state index contributed by atoms with van der Waals surface area (Å²) in [6.07, 6.45) is 7.68. The SMILES string of the molecule is Cn1cc(-c2ccc3cnc(CC(=O)C4CCN(CCF)CC4)cc3c2)cn1. The van der Waals surface area contributed by atoms with Crippen LogP contribution in [0.5, 0.6) is 0 Å². The van der Waals surface area contributed by atoms with Gasteiger partial charge >= 0.3 is 0 Å². The molecule has 5 nitrogen and oxygen atoms in total. The molecule has 1 fully saturated rings. The molecular formula is C22H25FN4O. The van der Waals surface area contributed by atoms with Gasteiger partial charge in [-0.3, -0.25) is 14.5 Å². The molecule has 6 heteroatoms. The number of piperidine rings is 1. The first kappa shape index (κ1) is 18.7. The summed E-state index contributed by atoms with van der Waals surface area (Å²) in [7, 11) is 1.90. The Morgan fingerprint density at radius 1 is 1.14 bits per heavy atom. The number of pyridine rings is 1. The second-order valence-electron chi connectivity index (χ2n) is 7.59. The van der Waals surface area contributed by atoms with Crippen molar-refractivity contribution in [2.75, 3.05) is 26.3 Å². The Kier molecular flexibility index (Phi) is 5.48. The standard InChI is InChI=1S/C22H25FN4O/c1-26-15-20(14-25-26)17-2-3-18-13-24-21(11-19(18)10-17)12-22(28)16-4-7-27(8-5-16)9-6-23/h2-3,10-11,13-16H,4-9,12H2,1H3. The largest absolute Gasteiger partial charge is 0.301 e. The number of hydrogen-bond acceptors (Lipinski definition) is 4. The molecule has 0 amide bonds. The zero-order valence-corrected chi connectivity index (χ0v) is 16.1. The molecule has 4 rings (SSSR count). The molecule has 0 aliphatic carbocycles. The molecule has 0 radical (unpaired) electrons. The van der Waals surface area contributed by atoms with E-state index in [0.717, 1.165) is 53.5 Å². The molecule has 1 saturated heterocycles. The van der Waals surface area contributed by atoms with Crippen LogP contribution in [-0.2, 0) is 18.3 Å². The van der Waals surface area contributed by atoms with Gasteiger partial charge in [0.15, 0.2) is 0 Å². The minimum absolute atomic E-state index is 0.0649. The van der Waals surface area contributed by atoms with E-state index >= 15 is 0 Å². The molecule has 146 valence electrons. The van der Waals surface area contributed by atoms with Gasteiger partial charge in [0.1, 0.15) is 12.5 Å². The highest BCUT2D eigenvalue weighted by Gasteiger charge is 2.25. The van der Waals surface area contributed by atoms with Gasteiger partial charge in [-0.2, -0.15) is 5.10 Å². The van der Waals surface area contributed by atoms with Gasteiger partial charge in [0, 0.05) is 55.0 Å². The first-order valence-corrected chi connectivity index (χ1v) is 9.81. The highest BCUT2D eigenvalue weighted by atomic mass is 19.1. The molecular weight excluding hydrogens is 355 g/mol. The number of rotatable bonds is 6. The van der Waals surface area contributed by atoms with Crippen LogP contribution in [0.1, 0.15) is 18.5 Å². The van der Waals surface area contributed by atoms with E-state index < -0.39 is 0 Å². The second kappa shape index (κ2) is 8.19. The van der Waals surface area contributed by atoms with Crippen LogP contribution in [-0.4, -0.2) is 51.8 Å². The highest BCUT2D eigenvalue weighted by Crippen LogP contribution is 2.25. The third-order valence-electron chi connectivity index (χ3n) is 5.62. The first-order valence-electron chi connectivity index (χ1n) is 9.81. The number of hydrogen-bond donors (Lipinski definition) is 0. The molecule has 0 spiro atoms. The van der Waals surface area contributed by atoms with Crippen LogP contribution in [0, 0.1) is 5.92 Å². The van der Waals surface area contributed by atoms with Crippen molar-refractivity contribution in [2.45, 2.75) is 19.3 Å². The van der Waals surface area contributed by atoms with Gasteiger partial charge in [-0.05, 0) is 49.0 Å². The number of halogens is 1. The summed E-state index contributed by atoms with van der Waals surface area (Å²) in [5.74, 6) is 0.310. The highest BCUT2D eigenvalue weighted by molar-refractivity contribution is 5.88. The number of carbonyl (C=O) groups is 1. The van der Waals surface area contributed by atoms with Gasteiger partial charge in [-0.1, -0.05) is 12.1 Å². The molecule has 0 N–H and O–H groups in total. The predicted molar refractivity (Wildman–Crippen MR) is 108 cm³/mol. The van der Waals surface area contributed by atoms with Crippen LogP contribution < -0.4 is 0 Å². The van der Waals surface area contributed by atoms with Crippen LogP contribution in [0.15, 0.2) is 42.9 Å². The number of ketones is 1. The molecule has 1 aliphatic heterocycles. The lowest BCUT2D eigenvalue weighted by molar-refractivity contribution is -0.123. The van der Waals surface area contributed by atoms with Crippen molar-refractivity contribution in [1.29, 1.82) is 0 Å². The Morgan fingerprint density at radius 2 is 1.96 bits per heavy atom. The third kappa shape index (κ3) is 4.12. The predicted octanol–water partition coefficient (Wildman–Crippen LogP) is 3.43. The lowest BCUT2D eigenvalue weighted by Gasteiger charge is -2.30. The third-order valence-corrected chi connectivity index (χ3v) is 5.62. The summed E-state index contributed by atoms with van der Waals surface area (Å²) in [6, 6.07) is 8.26. The molecule has 0 saturated carbocycles. The van der Waals surface area contributed by atoms with Crippen molar-refractivity contribution in [3.63, 3.8) is 0 Å². The first-order chi connectivity index (χ1) is 13.6. The van der Waals surface area contributed by atoms with Crippen LogP contribution in [0.4, 0.5) is 4.39 Å². The zero-order chi connectivity index (χ0) is 19.5. The number of aromatic nitrogens is 3. The smallest absolute Gasteiger partial charge is 0.142 e. The van der Waals surface area contributed by atoms with Crippen molar-refractivity contribution < 1.29 is 9.18 Å². The van der Waals surface area contributed by atoms with E-state index in [-0.39, 0.29) is 18.4 Å². The molecule has 1 aromatic carbocycles. The van der Waals surface area contributed by atoms with Crippen LogP contribution in [0.2, 0.25) is 0 Å². The molecule has 3 heterocycles. The fourth-order valence-electron chi connectivity index (χ4n) is 3.95. The normalized spacial score (nSPS) is 15.9. The second-order valence-corrected chi connectivity index (χ2v) is 7.59. The minimum Gasteiger partial charge on any atom is -0.301 e. The van der Waals surface area contributed by atoms with E-state index in [2.05, 4.69) is 33.2 Å². The Bertz CT molecular complexity index is 976. The topological polar surface area (TPSA) is 51.0 Å². The van der Waals surface area contributed by atoms with Crippen molar-refractivity contribution in [3.05, 3.63) is 48.5 Å². The van der Waals surface area contributed by atoms with Crippen molar-refractivity contribution >= 4 is 16.6 Å². The fourth-order valence-corrected chi connectivity index (χ4v) is 3.95. The number of aryl methyl sites for hydroxylation is 1. The monoisotopic (exact) mass is 380 g/mol. The Labute approximate surface area is 164 Å². The van der Waals surface area contributed by atoms with E-state index in [1.807, 2.05) is 31.7 Å². The average Bonchev–Trinajstić information content (AvgIpc) is 3.14. The molecule has 0 unspecified atom stereocenters. The van der Waals surface area contributed by atoms with Crippen molar-refractivity contribution in [1.82, 2.24) is 19.7 Å². The molecule has 1 aliphatic rings. The summed E-state index contributed by atoms with van der Waals surface area (Å²) in [5, 5.41) is 6.37. The van der Waals surface area contributed by atoms with Gasteiger partial charge in [0.05, 0.1) is 6.20 Å². The van der Waals surface area contributed by atoms with Gasteiger partial charge in [-0.25, -0.2) is 4.39 Å². The molecule has 0 bridgehead atoms. The number of fused-ring (bicyclic) bond motifs is 1. The number of carbonyl (C=O) groups excluding carboxylic acids is 1. The molecule has 3 aromatic rings. The Morgan fingerprint density at radius 3 is 2.68 bits per heavy atom. The van der Waals surface area contributed by atoms with Crippen LogP contribution in [0.3, 0.4) is 0 Å². The lowest BCUT2D eigenvalue weighted by Crippen LogP contribution is -2.37. The molecule has 2 aromatic heterocycles. The van der Waals surface area contributed by atoms with E-state index in [1.54, 1.807) is 4.68 Å². The van der Waals surface area contributed by atoms with Gasteiger partial charge < -0.3 is 4.90 Å². The maximum Gasteiger partial charge on any atom is 0.142 e. The van der Waals surface area contributed by atoms with Gasteiger partial charge in [0.25, 0.3) is 0 Å². The average molecular weight is 380 g/mol. The summed E-state index contributed by atoms with van der Waals surface area (Å²) in [5.41, 5.74) is 2.98. The summed E-state index contributed by atoms with van der Waals surface area (Å²) in [6.45, 7) is 1.77. The zero-order valence-electron chi connectivity index (χ0n) is 16.1. The molecule has 28 heavy (non-hydrogen) atoms. The van der Waals surface area contributed by atoms with Gasteiger partial charge in [0.2, 0.25) is 0 Å². The quantitative estimate of drug-likeness (QED) is 0.657. The van der Waals surface area contributed by atoms with Crippen molar-refractivity contribution in [2.24, 2.45) is 13.0 Å². The lowest BCUT2D eigenvalue weighted by atomic mass is 9.90. The maximum absolute atomic E-state index is 12.7. The Hall–Kier alpha value is -2.60. The summed E-state index contributed by atoms with van der Waals surface area (Å²) in [4.78, 5) is 19.3. The molecule has 0 atom stereocenters. The number of Topliss-reactive ketones (excluding diaryl/α,β-unsaturated/α-hetero) is 1. The van der Waals surface area contributed by atoms with E-state index in [1.165, 1.54) is 0 Å². The van der Waals surface area contributed by atoms with E-state index in [0.29, 0.717) is 13.0 Å². The van der Waals surface area contributed by atoms with Crippen LogP contribution >= 0.6 is 0 Å². The fraction of sp³-hybridized carbons (Fsp3) is 0.409. The number of nitrogens with zero attached hydrogens (tertiary/aromatic N) is 4. The summed E-state index contributed by atoms with van der Waals surface area (Å²) >= 11 is 0. The number of likely N-dealkylation sites (tertiary alicyclic amines) is 1. The Balaban J connectivity index is 1.47.